The van der Waals surface area contributed by atoms with Gasteiger partial charge in [0.2, 0.25) is 0 Å². The Bertz CT molecular complexity index is 223. The standard InChI is InChI=1S/C11H22N2O/c1-9-6-7-13(8-11(9,2)3)10(14)12(4)5/h9H,6-8H2,1-5H3. The molecule has 0 aromatic carbocycles. The third kappa shape index (κ3) is 2.20. The number of urea groups is 1. The van der Waals surface area contributed by atoms with Crippen molar-refractivity contribution in [2.75, 3.05) is 27.2 Å². The summed E-state index contributed by atoms with van der Waals surface area (Å²) in [6, 6.07) is 0.143. The molecule has 2 amide bonds. The average Bonchev–Trinajstić information content (AvgIpc) is 2.08. The van der Waals surface area contributed by atoms with Gasteiger partial charge < -0.3 is 9.80 Å². The van der Waals surface area contributed by atoms with Crippen LogP contribution in [0.1, 0.15) is 27.2 Å². The van der Waals surface area contributed by atoms with Crippen LogP contribution >= 0.6 is 0 Å². The molecule has 0 aromatic heterocycles. The molecule has 0 N–H and O–H groups in total. The summed E-state index contributed by atoms with van der Waals surface area (Å²) < 4.78 is 0. The Morgan fingerprint density at radius 2 is 2.00 bits per heavy atom. The minimum absolute atomic E-state index is 0.143. The van der Waals surface area contributed by atoms with Crippen molar-refractivity contribution in [2.24, 2.45) is 11.3 Å². The molecule has 0 saturated carbocycles. The van der Waals surface area contributed by atoms with E-state index in [9.17, 15) is 4.79 Å². The van der Waals surface area contributed by atoms with Crippen molar-refractivity contribution < 1.29 is 4.79 Å². The van der Waals surface area contributed by atoms with Gasteiger partial charge in [-0.05, 0) is 17.8 Å². The van der Waals surface area contributed by atoms with Crippen LogP contribution in [0.5, 0.6) is 0 Å². The molecule has 1 aliphatic rings. The first-order chi connectivity index (χ1) is 6.34. The summed E-state index contributed by atoms with van der Waals surface area (Å²) in [5, 5.41) is 0. The summed E-state index contributed by atoms with van der Waals surface area (Å²) in [7, 11) is 3.63. The molecule has 1 fully saturated rings. The number of likely N-dealkylation sites (tertiary alicyclic amines) is 1. The molecule has 0 radical (unpaired) electrons. The highest BCUT2D eigenvalue weighted by atomic mass is 16.2. The molecule has 1 heterocycles. The third-order valence-electron chi connectivity index (χ3n) is 3.42. The van der Waals surface area contributed by atoms with Gasteiger partial charge in [-0.1, -0.05) is 20.8 Å². The van der Waals surface area contributed by atoms with Crippen molar-refractivity contribution in [2.45, 2.75) is 27.2 Å². The molecule has 1 rings (SSSR count). The predicted octanol–water partition coefficient (Wildman–Crippen LogP) is 2.04. The number of hydrogen-bond donors (Lipinski definition) is 0. The molecular formula is C11H22N2O. The molecule has 0 aromatic rings. The molecule has 0 spiro atoms. The van der Waals surface area contributed by atoms with E-state index in [4.69, 9.17) is 0 Å². The highest BCUT2D eigenvalue weighted by Crippen LogP contribution is 2.34. The van der Waals surface area contributed by atoms with Gasteiger partial charge in [0, 0.05) is 27.2 Å². The van der Waals surface area contributed by atoms with Gasteiger partial charge in [0.1, 0.15) is 0 Å². The van der Waals surface area contributed by atoms with Crippen LogP contribution in [0.2, 0.25) is 0 Å². The second kappa shape index (κ2) is 3.79. The van der Waals surface area contributed by atoms with Gasteiger partial charge >= 0.3 is 6.03 Å². The van der Waals surface area contributed by atoms with Crippen molar-refractivity contribution in [1.82, 2.24) is 9.80 Å². The predicted molar refractivity (Wildman–Crippen MR) is 58.2 cm³/mol. The second-order valence-electron chi connectivity index (χ2n) is 5.28. The molecule has 14 heavy (non-hydrogen) atoms. The summed E-state index contributed by atoms with van der Waals surface area (Å²) in [5.41, 5.74) is 0.254. The number of carbonyl (C=O) groups excluding carboxylic acids is 1. The summed E-state index contributed by atoms with van der Waals surface area (Å²) in [5.74, 6) is 0.703. The number of piperidine rings is 1. The molecule has 3 nitrogen and oxygen atoms in total. The minimum Gasteiger partial charge on any atom is -0.331 e. The maximum atomic E-state index is 11.7. The Morgan fingerprint density at radius 3 is 2.43 bits per heavy atom. The third-order valence-corrected chi connectivity index (χ3v) is 3.42. The van der Waals surface area contributed by atoms with Gasteiger partial charge in [0.15, 0.2) is 0 Å². The Labute approximate surface area is 87.1 Å². The fourth-order valence-corrected chi connectivity index (χ4v) is 1.91. The molecular weight excluding hydrogens is 176 g/mol. The van der Waals surface area contributed by atoms with Crippen molar-refractivity contribution in [3.63, 3.8) is 0 Å². The largest absolute Gasteiger partial charge is 0.331 e. The highest BCUT2D eigenvalue weighted by molar-refractivity contribution is 5.74. The van der Waals surface area contributed by atoms with Crippen molar-refractivity contribution in [3.05, 3.63) is 0 Å². The maximum Gasteiger partial charge on any atom is 0.319 e. The summed E-state index contributed by atoms with van der Waals surface area (Å²) in [4.78, 5) is 15.4. The Morgan fingerprint density at radius 1 is 1.43 bits per heavy atom. The van der Waals surface area contributed by atoms with Crippen LogP contribution in [-0.4, -0.2) is 43.0 Å². The number of hydrogen-bond acceptors (Lipinski definition) is 1. The van der Waals surface area contributed by atoms with Crippen LogP contribution in [-0.2, 0) is 0 Å². The lowest BCUT2D eigenvalue weighted by atomic mass is 9.75. The zero-order valence-corrected chi connectivity index (χ0v) is 10.0. The van der Waals surface area contributed by atoms with Gasteiger partial charge in [-0.3, -0.25) is 0 Å². The van der Waals surface area contributed by atoms with Crippen LogP contribution in [0.25, 0.3) is 0 Å². The SMILES string of the molecule is CC1CCN(C(=O)N(C)C)CC1(C)C. The smallest absolute Gasteiger partial charge is 0.319 e. The van der Waals surface area contributed by atoms with E-state index in [1.807, 2.05) is 19.0 Å². The van der Waals surface area contributed by atoms with Crippen LogP contribution in [0.3, 0.4) is 0 Å². The van der Waals surface area contributed by atoms with E-state index in [1.165, 1.54) is 0 Å². The zero-order valence-electron chi connectivity index (χ0n) is 10.0. The molecule has 0 aliphatic carbocycles. The summed E-state index contributed by atoms with van der Waals surface area (Å²) in [6.07, 6.45) is 1.12. The first-order valence-electron chi connectivity index (χ1n) is 5.31. The maximum absolute atomic E-state index is 11.7. The fraction of sp³-hybridized carbons (Fsp3) is 0.909. The van der Waals surface area contributed by atoms with Gasteiger partial charge in [-0.25, -0.2) is 4.79 Å². The van der Waals surface area contributed by atoms with Crippen LogP contribution in [0.4, 0.5) is 4.79 Å². The molecule has 1 atom stereocenters. The van der Waals surface area contributed by atoms with Crippen molar-refractivity contribution >= 4 is 6.03 Å². The molecule has 1 saturated heterocycles. The number of amides is 2. The molecule has 3 heteroatoms. The van der Waals surface area contributed by atoms with E-state index in [2.05, 4.69) is 20.8 Å². The second-order valence-corrected chi connectivity index (χ2v) is 5.28. The minimum atomic E-state index is 0.143. The Hall–Kier alpha value is -0.730. The zero-order chi connectivity index (χ0) is 10.9. The lowest BCUT2D eigenvalue weighted by Crippen LogP contribution is -2.50. The number of nitrogens with zero attached hydrogens (tertiary/aromatic N) is 2. The lowest BCUT2D eigenvalue weighted by Gasteiger charge is -2.43. The molecule has 0 bridgehead atoms. The highest BCUT2D eigenvalue weighted by Gasteiger charge is 2.35. The average molecular weight is 198 g/mol. The van der Waals surface area contributed by atoms with E-state index in [-0.39, 0.29) is 11.4 Å². The molecule has 1 unspecified atom stereocenters. The number of rotatable bonds is 0. The van der Waals surface area contributed by atoms with E-state index < -0.39 is 0 Å². The van der Waals surface area contributed by atoms with E-state index >= 15 is 0 Å². The van der Waals surface area contributed by atoms with Gasteiger partial charge in [0.05, 0.1) is 0 Å². The Kier molecular flexibility index (Phi) is 3.07. The Balaban J connectivity index is 2.64. The normalized spacial score (nSPS) is 26.1. The van der Waals surface area contributed by atoms with E-state index in [0.29, 0.717) is 5.92 Å². The van der Waals surface area contributed by atoms with Gasteiger partial charge in [-0.2, -0.15) is 0 Å². The molecule has 82 valence electrons. The lowest BCUT2D eigenvalue weighted by molar-refractivity contribution is 0.0729. The van der Waals surface area contributed by atoms with Crippen LogP contribution in [0.15, 0.2) is 0 Å². The van der Waals surface area contributed by atoms with E-state index in [1.54, 1.807) is 4.90 Å². The number of carbonyl (C=O) groups is 1. The quantitative estimate of drug-likeness (QED) is 0.584. The fourth-order valence-electron chi connectivity index (χ4n) is 1.91. The topological polar surface area (TPSA) is 23.6 Å². The van der Waals surface area contributed by atoms with Gasteiger partial charge in [0.25, 0.3) is 0 Å². The van der Waals surface area contributed by atoms with E-state index in [0.717, 1.165) is 19.5 Å². The first kappa shape index (κ1) is 11.3. The van der Waals surface area contributed by atoms with Gasteiger partial charge in [-0.15, -0.1) is 0 Å². The molecule has 1 aliphatic heterocycles. The van der Waals surface area contributed by atoms with Crippen molar-refractivity contribution in [1.29, 1.82) is 0 Å². The van der Waals surface area contributed by atoms with Crippen LogP contribution < -0.4 is 0 Å². The first-order valence-corrected chi connectivity index (χ1v) is 5.31. The van der Waals surface area contributed by atoms with Crippen LogP contribution in [0, 0.1) is 11.3 Å². The summed E-state index contributed by atoms with van der Waals surface area (Å²) in [6.45, 7) is 8.55. The monoisotopic (exact) mass is 198 g/mol. The summed E-state index contributed by atoms with van der Waals surface area (Å²) >= 11 is 0. The van der Waals surface area contributed by atoms with Crippen molar-refractivity contribution in [3.8, 4) is 0 Å².